The lowest BCUT2D eigenvalue weighted by molar-refractivity contribution is -0.140. The molecule has 1 aliphatic heterocycles. The van der Waals surface area contributed by atoms with Gasteiger partial charge in [0, 0.05) is 36.9 Å². The fraction of sp³-hybridized carbons (Fsp3) is 0.231. The summed E-state index contributed by atoms with van der Waals surface area (Å²) in [6.07, 6.45) is 6.52. The van der Waals surface area contributed by atoms with Gasteiger partial charge in [0.05, 0.1) is 17.7 Å². The second kappa shape index (κ2) is 9.24. The molecule has 1 atom stereocenters. The van der Waals surface area contributed by atoms with E-state index in [9.17, 15) is 14.7 Å². The summed E-state index contributed by atoms with van der Waals surface area (Å²) in [4.78, 5) is 35.9. The van der Waals surface area contributed by atoms with Gasteiger partial charge in [-0.05, 0) is 67.8 Å². The van der Waals surface area contributed by atoms with Crippen LogP contribution >= 0.6 is 0 Å². The van der Waals surface area contributed by atoms with Crippen LogP contribution in [0.25, 0.3) is 5.76 Å². The van der Waals surface area contributed by atoms with E-state index in [2.05, 4.69) is 9.97 Å². The Morgan fingerprint density at radius 3 is 2.42 bits per heavy atom. The topological polar surface area (TPSA) is 92.6 Å². The molecule has 7 nitrogen and oxygen atoms in total. The number of benzene rings is 1. The van der Waals surface area contributed by atoms with Gasteiger partial charge in [-0.3, -0.25) is 19.6 Å². The maximum absolute atomic E-state index is 13.2. The van der Waals surface area contributed by atoms with Crippen molar-refractivity contribution in [2.24, 2.45) is 0 Å². The van der Waals surface area contributed by atoms with Gasteiger partial charge in [-0.25, -0.2) is 0 Å². The van der Waals surface area contributed by atoms with Crippen molar-refractivity contribution in [1.29, 1.82) is 0 Å². The third-order valence-electron chi connectivity index (χ3n) is 5.44. The van der Waals surface area contributed by atoms with Crippen molar-refractivity contribution in [2.75, 3.05) is 0 Å². The van der Waals surface area contributed by atoms with Crippen LogP contribution in [0.3, 0.4) is 0 Å². The van der Waals surface area contributed by atoms with E-state index < -0.39 is 17.7 Å². The predicted octanol–water partition coefficient (Wildman–Crippen LogP) is 4.19. The van der Waals surface area contributed by atoms with Crippen LogP contribution in [-0.2, 0) is 16.1 Å². The van der Waals surface area contributed by atoms with E-state index in [4.69, 9.17) is 4.74 Å². The number of hydrogen-bond donors (Lipinski definition) is 1. The predicted molar refractivity (Wildman–Crippen MR) is 123 cm³/mol. The summed E-state index contributed by atoms with van der Waals surface area (Å²) >= 11 is 0. The Labute approximate surface area is 192 Å². The number of carbonyl (C=O) groups is 2. The number of aromatic nitrogens is 2. The monoisotopic (exact) mass is 443 g/mol. The SMILES string of the molecule is Cc1cc(OC(C)C)ccc1/C(O)=C1\C(=O)C(=O)N(Cc2cccnc2)C1c1cccnc1. The molecule has 2 aromatic heterocycles. The maximum Gasteiger partial charge on any atom is 0.295 e. The first kappa shape index (κ1) is 22.2. The zero-order valence-corrected chi connectivity index (χ0v) is 18.7. The Hall–Kier alpha value is -4.00. The Balaban J connectivity index is 1.82. The molecule has 1 fully saturated rings. The minimum Gasteiger partial charge on any atom is -0.507 e. The van der Waals surface area contributed by atoms with E-state index in [0.717, 1.165) is 11.1 Å². The summed E-state index contributed by atoms with van der Waals surface area (Å²) in [5.74, 6) is -0.955. The number of Topliss-reactive ketones (excluding diaryl/α,β-unsaturated/α-hetero) is 1. The lowest BCUT2D eigenvalue weighted by Gasteiger charge is -2.25. The smallest absolute Gasteiger partial charge is 0.295 e. The molecular formula is C26H25N3O4. The van der Waals surface area contributed by atoms with Crippen molar-refractivity contribution in [3.63, 3.8) is 0 Å². The summed E-state index contributed by atoms with van der Waals surface area (Å²) in [5, 5.41) is 11.3. The zero-order valence-electron chi connectivity index (χ0n) is 18.7. The molecular weight excluding hydrogens is 418 g/mol. The molecule has 0 radical (unpaired) electrons. The molecule has 1 amide bonds. The van der Waals surface area contributed by atoms with Gasteiger partial charge in [-0.2, -0.15) is 0 Å². The largest absolute Gasteiger partial charge is 0.507 e. The lowest BCUT2D eigenvalue weighted by atomic mass is 9.94. The van der Waals surface area contributed by atoms with E-state index in [1.54, 1.807) is 61.2 Å². The first-order chi connectivity index (χ1) is 15.9. The second-order valence-electron chi connectivity index (χ2n) is 8.22. The number of carbonyl (C=O) groups excluding carboxylic acids is 2. The highest BCUT2D eigenvalue weighted by Gasteiger charge is 2.46. The molecule has 0 aliphatic carbocycles. The summed E-state index contributed by atoms with van der Waals surface area (Å²) < 4.78 is 5.73. The number of nitrogens with zero attached hydrogens (tertiary/aromatic N) is 3. The van der Waals surface area contributed by atoms with Crippen molar-refractivity contribution >= 4 is 17.4 Å². The first-order valence-corrected chi connectivity index (χ1v) is 10.7. The standard InChI is InChI=1S/C26H25N3O4/c1-16(2)33-20-8-9-21(17(3)12-20)24(30)22-23(19-7-5-11-28-14-19)29(26(32)25(22)31)15-18-6-4-10-27-13-18/h4-14,16,23,30H,15H2,1-3H3/b24-22+. The van der Waals surface area contributed by atoms with E-state index >= 15 is 0 Å². The summed E-state index contributed by atoms with van der Waals surface area (Å²) in [5.41, 5.74) is 2.66. The van der Waals surface area contributed by atoms with Crippen molar-refractivity contribution in [2.45, 2.75) is 39.5 Å². The number of ether oxygens (including phenoxy) is 1. The van der Waals surface area contributed by atoms with Gasteiger partial charge in [0.25, 0.3) is 11.7 Å². The molecule has 33 heavy (non-hydrogen) atoms. The molecule has 1 aromatic carbocycles. The lowest BCUT2D eigenvalue weighted by Crippen LogP contribution is -2.29. The highest BCUT2D eigenvalue weighted by Crippen LogP contribution is 2.40. The number of hydrogen-bond acceptors (Lipinski definition) is 6. The molecule has 3 heterocycles. The van der Waals surface area contributed by atoms with Gasteiger partial charge >= 0.3 is 0 Å². The van der Waals surface area contributed by atoms with Crippen molar-refractivity contribution in [3.05, 3.63) is 95.1 Å². The van der Waals surface area contributed by atoms with Crippen LogP contribution in [0.5, 0.6) is 5.75 Å². The normalized spacial score (nSPS) is 17.6. The zero-order chi connectivity index (χ0) is 23.5. The molecule has 4 rings (SSSR count). The van der Waals surface area contributed by atoms with Gasteiger partial charge in [0.15, 0.2) is 0 Å². The van der Waals surface area contributed by atoms with Gasteiger partial charge in [0.2, 0.25) is 0 Å². The molecule has 1 aliphatic rings. The van der Waals surface area contributed by atoms with Crippen LogP contribution in [0.15, 0.2) is 72.8 Å². The van der Waals surface area contributed by atoms with E-state index in [1.165, 1.54) is 4.90 Å². The number of aryl methyl sites for hydroxylation is 1. The van der Waals surface area contributed by atoms with Crippen molar-refractivity contribution in [3.8, 4) is 5.75 Å². The Morgan fingerprint density at radius 2 is 1.82 bits per heavy atom. The third kappa shape index (κ3) is 4.48. The first-order valence-electron chi connectivity index (χ1n) is 10.7. The molecule has 0 bridgehead atoms. The van der Waals surface area contributed by atoms with Gasteiger partial charge in [0.1, 0.15) is 11.5 Å². The average Bonchev–Trinajstić information content (AvgIpc) is 3.04. The number of pyridine rings is 2. The van der Waals surface area contributed by atoms with E-state index in [0.29, 0.717) is 16.9 Å². The Bertz CT molecular complexity index is 1210. The minimum absolute atomic E-state index is 0.00669. The molecule has 1 saturated heterocycles. The van der Waals surface area contributed by atoms with Crippen LogP contribution < -0.4 is 4.74 Å². The molecule has 0 spiro atoms. The second-order valence-corrected chi connectivity index (χ2v) is 8.22. The number of rotatable bonds is 6. The van der Waals surface area contributed by atoms with Crippen molar-refractivity contribution < 1.29 is 19.4 Å². The van der Waals surface area contributed by atoms with Crippen LogP contribution in [0.1, 0.15) is 42.1 Å². The molecule has 7 heteroatoms. The Kier molecular flexibility index (Phi) is 6.22. The highest BCUT2D eigenvalue weighted by molar-refractivity contribution is 6.46. The van der Waals surface area contributed by atoms with Crippen LogP contribution in [0, 0.1) is 6.92 Å². The minimum atomic E-state index is -0.773. The fourth-order valence-corrected chi connectivity index (χ4v) is 4.01. The summed E-state index contributed by atoms with van der Waals surface area (Å²) in [7, 11) is 0. The molecule has 1 unspecified atom stereocenters. The quantitative estimate of drug-likeness (QED) is 0.349. The van der Waals surface area contributed by atoms with Crippen LogP contribution in [-0.4, -0.2) is 37.8 Å². The van der Waals surface area contributed by atoms with Gasteiger partial charge in [-0.15, -0.1) is 0 Å². The van der Waals surface area contributed by atoms with Gasteiger partial charge < -0.3 is 14.7 Å². The number of likely N-dealkylation sites (tertiary alicyclic amines) is 1. The van der Waals surface area contributed by atoms with Gasteiger partial charge in [-0.1, -0.05) is 12.1 Å². The van der Waals surface area contributed by atoms with E-state index in [1.807, 2.05) is 26.8 Å². The molecule has 3 aromatic rings. The molecule has 1 N–H and O–H groups in total. The summed E-state index contributed by atoms with van der Waals surface area (Å²) in [6, 6.07) is 11.6. The molecule has 0 saturated carbocycles. The highest BCUT2D eigenvalue weighted by atomic mass is 16.5. The third-order valence-corrected chi connectivity index (χ3v) is 5.44. The van der Waals surface area contributed by atoms with E-state index in [-0.39, 0.29) is 24.0 Å². The molecule has 168 valence electrons. The maximum atomic E-state index is 13.2. The number of amides is 1. The number of ketones is 1. The fourth-order valence-electron chi connectivity index (χ4n) is 4.01. The number of aliphatic hydroxyl groups excluding tert-OH is 1. The van der Waals surface area contributed by atoms with Crippen molar-refractivity contribution in [1.82, 2.24) is 14.9 Å². The number of aliphatic hydroxyl groups is 1. The van der Waals surface area contributed by atoms with Crippen LogP contribution in [0.2, 0.25) is 0 Å². The summed E-state index contributed by atoms with van der Waals surface area (Å²) in [6.45, 7) is 5.86. The van der Waals surface area contributed by atoms with Crippen LogP contribution in [0.4, 0.5) is 0 Å². The Morgan fingerprint density at radius 1 is 1.09 bits per heavy atom. The average molecular weight is 444 g/mol.